The van der Waals surface area contributed by atoms with Gasteiger partial charge in [-0.25, -0.2) is 22.5 Å². The molecule has 152 valence electrons. The summed E-state index contributed by atoms with van der Waals surface area (Å²) in [6, 6.07) is 11.1. The number of aryl methyl sites for hydroxylation is 2. The Morgan fingerprint density at radius 1 is 1.17 bits per heavy atom. The lowest BCUT2D eigenvalue weighted by Gasteiger charge is -2.09. The van der Waals surface area contributed by atoms with Gasteiger partial charge in [-0.3, -0.25) is 4.79 Å². The monoisotopic (exact) mass is 433 g/mol. The lowest BCUT2D eigenvalue weighted by atomic mass is 10.2. The molecule has 2 N–H and O–H groups in total. The molecule has 0 aliphatic carbocycles. The van der Waals surface area contributed by atoms with Crippen LogP contribution in [0.1, 0.15) is 17.5 Å². The van der Waals surface area contributed by atoms with Gasteiger partial charge in [0.15, 0.2) is 5.13 Å². The van der Waals surface area contributed by atoms with Crippen molar-refractivity contribution < 1.29 is 17.6 Å². The predicted octanol–water partition coefficient (Wildman–Crippen LogP) is 3.87. The molecule has 0 unspecified atom stereocenters. The fourth-order valence-corrected chi connectivity index (χ4v) is 4.76. The van der Waals surface area contributed by atoms with Gasteiger partial charge < -0.3 is 5.32 Å². The number of nitrogens with one attached hydrogen (secondary N) is 2. The largest absolute Gasteiger partial charge is 0.302 e. The number of thiazole rings is 1. The second kappa shape index (κ2) is 8.81. The first kappa shape index (κ1) is 21.1. The molecule has 1 heterocycles. The number of hydrogen-bond donors (Lipinski definition) is 2. The molecule has 0 radical (unpaired) electrons. The van der Waals surface area contributed by atoms with Crippen molar-refractivity contribution in [3.8, 4) is 11.3 Å². The van der Waals surface area contributed by atoms with Crippen LogP contribution in [-0.2, 0) is 14.8 Å². The number of hydrogen-bond acceptors (Lipinski definition) is 5. The zero-order chi connectivity index (χ0) is 21.0. The van der Waals surface area contributed by atoms with Crippen LogP contribution in [0.15, 0.2) is 52.7 Å². The minimum Gasteiger partial charge on any atom is -0.302 e. The van der Waals surface area contributed by atoms with Gasteiger partial charge in [0.1, 0.15) is 5.82 Å². The number of carbonyl (C=O) groups is 1. The number of rotatable bonds is 7. The summed E-state index contributed by atoms with van der Waals surface area (Å²) in [5, 5.41) is 4.71. The number of halogens is 1. The van der Waals surface area contributed by atoms with E-state index < -0.39 is 10.0 Å². The van der Waals surface area contributed by atoms with Crippen molar-refractivity contribution >= 4 is 32.4 Å². The summed E-state index contributed by atoms with van der Waals surface area (Å²) in [6.45, 7) is 3.58. The Kier molecular flexibility index (Phi) is 6.41. The molecule has 1 amide bonds. The fraction of sp³-hybridized carbons (Fsp3) is 0.200. The average Bonchev–Trinajstić information content (AvgIpc) is 3.09. The second-order valence-corrected chi connectivity index (χ2v) is 9.11. The molecule has 9 heteroatoms. The highest BCUT2D eigenvalue weighted by molar-refractivity contribution is 7.89. The summed E-state index contributed by atoms with van der Waals surface area (Å²) in [5.74, 6) is -0.731. The standard InChI is InChI=1S/C20H20FN3O3S2/c1-13-6-7-18(14(2)10-13)29(26,27)22-9-8-19(25)24-20-23-17(12-28-20)15-4-3-5-16(21)11-15/h3-7,10-12,22H,8-9H2,1-2H3,(H,23,24,25). The van der Waals surface area contributed by atoms with Crippen molar-refractivity contribution in [2.75, 3.05) is 11.9 Å². The van der Waals surface area contributed by atoms with E-state index in [1.165, 1.54) is 23.5 Å². The zero-order valence-electron chi connectivity index (χ0n) is 15.9. The van der Waals surface area contributed by atoms with Crippen molar-refractivity contribution in [3.63, 3.8) is 0 Å². The van der Waals surface area contributed by atoms with E-state index in [-0.39, 0.29) is 29.6 Å². The van der Waals surface area contributed by atoms with Gasteiger partial charge in [0.05, 0.1) is 10.6 Å². The molecule has 0 spiro atoms. The normalized spacial score (nSPS) is 11.4. The molecule has 0 saturated heterocycles. The Morgan fingerprint density at radius 2 is 1.97 bits per heavy atom. The van der Waals surface area contributed by atoms with E-state index in [1.807, 2.05) is 6.92 Å². The average molecular weight is 434 g/mol. The van der Waals surface area contributed by atoms with Gasteiger partial charge in [-0.2, -0.15) is 0 Å². The fourth-order valence-electron chi connectivity index (χ4n) is 2.77. The molecule has 2 aromatic carbocycles. The van der Waals surface area contributed by atoms with Gasteiger partial charge in [-0.05, 0) is 37.6 Å². The van der Waals surface area contributed by atoms with E-state index in [1.54, 1.807) is 42.6 Å². The summed E-state index contributed by atoms with van der Waals surface area (Å²) in [5.41, 5.74) is 2.79. The Hall–Kier alpha value is -2.62. The van der Waals surface area contributed by atoms with Crippen molar-refractivity contribution in [1.82, 2.24) is 9.71 Å². The molecule has 29 heavy (non-hydrogen) atoms. The minimum atomic E-state index is -3.69. The Labute approximate surface area is 172 Å². The third-order valence-electron chi connectivity index (χ3n) is 4.14. The van der Waals surface area contributed by atoms with E-state index >= 15 is 0 Å². The van der Waals surface area contributed by atoms with Crippen LogP contribution in [0.4, 0.5) is 9.52 Å². The van der Waals surface area contributed by atoms with Gasteiger partial charge in [-0.1, -0.05) is 29.8 Å². The van der Waals surface area contributed by atoms with Crippen LogP contribution in [-0.4, -0.2) is 25.9 Å². The maximum atomic E-state index is 13.3. The number of carbonyl (C=O) groups excluding carboxylic acids is 1. The first-order chi connectivity index (χ1) is 13.7. The Balaban J connectivity index is 1.55. The van der Waals surface area contributed by atoms with E-state index in [0.29, 0.717) is 22.0 Å². The van der Waals surface area contributed by atoms with Crippen LogP contribution in [0, 0.1) is 19.7 Å². The molecule has 0 aliphatic rings. The van der Waals surface area contributed by atoms with Gasteiger partial charge >= 0.3 is 0 Å². The summed E-state index contributed by atoms with van der Waals surface area (Å²) in [4.78, 5) is 16.6. The molecule has 1 aromatic heterocycles. The molecule has 0 bridgehead atoms. The van der Waals surface area contributed by atoms with E-state index in [0.717, 1.165) is 5.56 Å². The lowest BCUT2D eigenvalue weighted by molar-refractivity contribution is -0.116. The highest BCUT2D eigenvalue weighted by Crippen LogP contribution is 2.25. The molecule has 0 aliphatic heterocycles. The minimum absolute atomic E-state index is 0.0381. The smallest absolute Gasteiger partial charge is 0.240 e. The number of anilines is 1. The predicted molar refractivity (Wildman–Crippen MR) is 112 cm³/mol. The number of aromatic nitrogens is 1. The summed E-state index contributed by atoms with van der Waals surface area (Å²) < 4.78 is 40.6. The molecule has 0 fully saturated rings. The molecular formula is C20H20FN3O3S2. The zero-order valence-corrected chi connectivity index (χ0v) is 17.5. The van der Waals surface area contributed by atoms with Crippen LogP contribution in [0.3, 0.4) is 0 Å². The second-order valence-electron chi connectivity index (χ2n) is 6.51. The van der Waals surface area contributed by atoms with Crippen LogP contribution >= 0.6 is 11.3 Å². The number of nitrogens with zero attached hydrogens (tertiary/aromatic N) is 1. The van der Waals surface area contributed by atoms with Crippen LogP contribution in [0.2, 0.25) is 0 Å². The highest BCUT2D eigenvalue weighted by Gasteiger charge is 2.17. The van der Waals surface area contributed by atoms with Crippen molar-refractivity contribution in [2.24, 2.45) is 0 Å². The van der Waals surface area contributed by atoms with Crippen molar-refractivity contribution in [1.29, 1.82) is 0 Å². The SMILES string of the molecule is Cc1ccc(S(=O)(=O)NCCC(=O)Nc2nc(-c3cccc(F)c3)cs2)c(C)c1. The molecule has 0 saturated carbocycles. The van der Waals surface area contributed by atoms with Gasteiger partial charge in [-0.15, -0.1) is 11.3 Å². The first-order valence-electron chi connectivity index (χ1n) is 8.83. The van der Waals surface area contributed by atoms with E-state index in [2.05, 4.69) is 15.0 Å². The summed E-state index contributed by atoms with van der Waals surface area (Å²) in [6.07, 6.45) is -0.0426. The third kappa shape index (κ3) is 5.47. The molecule has 0 atom stereocenters. The van der Waals surface area contributed by atoms with Crippen LogP contribution < -0.4 is 10.0 Å². The molecule has 6 nitrogen and oxygen atoms in total. The van der Waals surface area contributed by atoms with Crippen LogP contribution in [0.5, 0.6) is 0 Å². The van der Waals surface area contributed by atoms with Gasteiger partial charge in [0.2, 0.25) is 15.9 Å². The maximum absolute atomic E-state index is 13.3. The summed E-state index contributed by atoms with van der Waals surface area (Å²) in [7, 11) is -3.69. The number of amides is 1. The molecule has 3 rings (SSSR count). The molecular weight excluding hydrogens is 413 g/mol. The Bertz CT molecular complexity index is 1140. The first-order valence-corrected chi connectivity index (χ1v) is 11.2. The van der Waals surface area contributed by atoms with E-state index in [9.17, 15) is 17.6 Å². The lowest BCUT2D eigenvalue weighted by Crippen LogP contribution is -2.28. The summed E-state index contributed by atoms with van der Waals surface area (Å²) >= 11 is 1.21. The van der Waals surface area contributed by atoms with Crippen molar-refractivity contribution in [3.05, 3.63) is 64.8 Å². The van der Waals surface area contributed by atoms with E-state index in [4.69, 9.17) is 0 Å². The van der Waals surface area contributed by atoms with Crippen molar-refractivity contribution in [2.45, 2.75) is 25.2 Å². The topological polar surface area (TPSA) is 88.2 Å². The quantitative estimate of drug-likeness (QED) is 0.592. The number of benzene rings is 2. The third-order valence-corrected chi connectivity index (χ3v) is 6.51. The van der Waals surface area contributed by atoms with Crippen LogP contribution in [0.25, 0.3) is 11.3 Å². The molecule has 3 aromatic rings. The van der Waals surface area contributed by atoms with Gasteiger partial charge in [0.25, 0.3) is 0 Å². The Morgan fingerprint density at radius 3 is 2.69 bits per heavy atom. The van der Waals surface area contributed by atoms with Gasteiger partial charge in [0, 0.05) is 23.9 Å². The number of sulfonamides is 1. The maximum Gasteiger partial charge on any atom is 0.240 e. The highest BCUT2D eigenvalue weighted by atomic mass is 32.2.